The van der Waals surface area contributed by atoms with Crippen LogP contribution in [-0.2, 0) is 9.47 Å². The number of nitrogens with zero attached hydrogens (tertiary/aromatic N) is 2. The number of rotatable bonds is 1. The fourth-order valence-electron chi connectivity index (χ4n) is 1.79. The largest absolute Gasteiger partial charge is 0.482 e. The van der Waals surface area contributed by atoms with Crippen molar-refractivity contribution < 1.29 is 9.47 Å². The third kappa shape index (κ3) is 6.22. The zero-order valence-corrected chi connectivity index (χ0v) is 12.5. The van der Waals surface area contributed by atoms with Gasteiger partial charge in [-0.05, 0) is 11.1 Å². The maximum atomic E-state index is 4.65. The molecular weight excluding hydrogens is 276 g/mol. The molecular formula is C18H20N2O2. The number of ether oxygens (including phenoxy) is 2. The molecule has 0 saturated heterocycles. The monoisotopic (exact) mass is 296 g/mol. The Morgan fingerprint density at radius 1 is 0.591 bits per heavy atom. The van der Waals surface area contributed by atoms with Gasteiger partial charge in [-0.2, -0.15) is 0 Å². The summed E-state index contributed by atoms with van der Waals surface area (Å²) in [4.78, 5) is 7.47. The smallest absolute Gasteiger partial charge is 0.169 e. The normalized spacial score (nSPS) is 14.0. The molecule has 0 spiro atoms. The average molecular weight is 296 g/mol. The van der Waals surface area contributed by atoms with E-state index in [1.165, 1.54) is 23.9 Å². The van der Waals surface area contributed by atoms with Crippen molar-refractivity contribution in [2.24, 2.45) is 9.98 Å². The van der Waals surface area contributed by atoms with Crippen LogP contribution >= 0.6 is 0 Å². The first-order valence-electron chi connectivity index (χ1n) is 7.27. The fourth-order valence-corrected chi connectivity index (χ4v) is 1.79. The van der Waals surface area contributed by atoms with Gasteiger partial charge in [0.15, 0.2) is 12.8 Å². The van der Waals surface area contributed by atoms with Gasteiger partial charge in [0.1, 0.15) is 13.2 Å². The summed E-state index contributed by atoms with van der Waals surface area (Å²) in [5.41, 5.74) is 2.55. The van der Waals surface area contributed by atoms with Crippen LogP contribution in [0.25, 0.3) is 11.1 Å². The van der Waals surface area contributed by atoms with Crippen LogP contribution in [0.4, 0.5) is 0 Å². The molecule has 0 atom stereocenters. The van der Waals surface area contributed by atoms with Crippen LogP contribution in [0.3, 0.4) is 0 Å². The van der Waals surface area contributed by atoms with Crippen molar-refractivity contribution in [3.05, 3.63) is 60.7 Å². The number of hydrogen-bond acceptors (Lipinski definition) is 4. The number of aliphatic imine (C=N–C) groups is 2. The summed E-state index contributed by atoms with van der Waals surface area (Å²) < 4.78 is 9.31. The standard InChI is InChI=1S/C12H10.2C3H5NO/c1-3-7-11(8-4-1)12-9-5-2-6-10-12;2*1-2-5-3-4-1/h1-10H;2*3H,1-2H2. The molecule has 0 radical (unpaired) electrons. The second-order valence-electron chi connectivity index (χ2n) is 4.50. The molecule has 0 bridgehead atoms. The summed E-state index contributed by atoms with van der Waals surface area (Å²) in [5, 5.41) is 0. The van der Waals surface area contributed by atoms with E-state index in [2.05, 4.69) is 68.0 Å². The first-order chi connectivity index (χ1) is 11.0. The molecule has 2 aromatic carbocycles. The van der Waals surface area contributed by atoms with Gasteiger partial charge in [0.2, 0.25) is 0 Å². The fraction of sp³-hybridized carbons (Fsp3) is 0.222. The van der Waals surface area contributed by atoms with Crippen molar-refractivity contribution in [1.29, 1.82) is 0 Å². The Hall–Kier alpha value is -2.62. The summed E-state index contributed by atoms with van der Waals surface area (Å²) in [5.74, 6) is 0. The lowest BCUT2D eigenvalue weighted by molar-refractivity contribution is 0.361. The Labute approximate surface area is 131 Å². The van der Waals surface area contributed by atoms with Crippen molar-refractivity contribution in [2.75, 3.05) is 26.3 Å². The minimum atomic E-state index is 0.778. The van der Waals surface area contributed by atoms with Crippen LogP contribution < -0.4 is 0 Å². The highest BCUT2D eigenvalue weighted by atomic mass is 16.5. The third-order valence-corrected chi connectivity index (χ3v) is 2.86. The van der Waals surface area contributed by atoms with Crippen LogP contribution in [0.2, 0.25) is 0 Å². The molecule has 0 saturated carbocycles. The van der Waals surface area contributed by atoms with Gasteiger partial charge in [-0.15, -0.1) is 0 Å². The van der Waals surface area contributed by atoms with E-state index in [9.17, 15) is 0 Å². The Bertz CT molecular complexity index is 503. The maximum Gasteiger partial charge on any atom is 0.169 e. The summed E-state index contributed by atoms with van der Waals surface area (Å²) in [6.07, 6.45) is 2.97. The van der Waals surface area contributed by atoms with Crippen molar-refractivity contribution in [2.45, 2.75) is 0 Å². The van der Waals surface area contributed by atoms with Gasteiger partial charge in [0.05, 0.1) is 13.1 Å². The lowest BCUT2D eigenvalue weighted by Gasteiger charge is -1.98. The molecule has 4 rings (SSSR count). The summed E-state index contributed by atoms with van der Waals surface area (Å²) in [6, 6.07) is 20.8. The molecule has 114 valence electrons. The summed E-state index contributed by atoms with van der Waals surface area (Å²) in [6.45, 7) is 3.25. The van der Waals surface area contributed by atoms with Gasteiger partial charge in [-0.1, -0.05) is 60.7 Å². The van der Waals surface area contributed by atoms with Crippen molar-refractivity contribution in [3.8, 4) is 11.1 Å². The molecule has 0 amide bonds. The SMILES string of the molecule is C1=NCCO1.C1=NCCO1.c1ccc(-c2ccccc2)cc1. The van der Waals surface area contributed by atoms with Crippen molar-refractivity contribution >= 4 is 12.8 Å². The molecule has 2 aromatic rings. The molecule has 0 fully saturated rings. The molecule has 0 aromatic heterocycles. The van der Waals surface area contributed by atoms with Gasteiger partial charge < -0.3 is 9.47 Å². The first-order valence-corrected chi connectivity index (χ1v) is 7.27. The van der Waals surface area contributed by atoms with Gasteiger partial charge in [-0.25, -0.2) is 0 Å². The van der Waals surface area contributed by atoms with E-state index in [1.54, 1.807) is 0 Å². The van der Waals surface area contributed by atoms with Crippen LogP contribution in [0.1, 0.15) is 0 Å². The van der Waals surface area contributed by atoms with E-state index >= 15 is 0 Å². The maximum absolute atomic E-state index is 4.65. The lowest BCUT2D eigenvalue weighted by Crippen LogP contribution is -1.80. The Morgan fingerprint density at radius 2 is 1.00 bits per heavy atom. The minimum absolute atomic E-state index is 0.778. The van der Waals surface area contributed by atoms with E-state index in [1.807, 2.05) is 12.1 Å². The molecule has 2 heterocycles. The molecule has 2 aliphatic rings. The average Bonchev–Trinajstić information content (AvgIpc) is 3.34. The van der Waals surface area contributed by atoms with Crippen molar-refractivity contribution in [1.82, 2.24) is 0 Å². The Morgan fingerprint density at radius 3 is 1.23 bits per heavy atom. The van der Waals surface area contributed by atoms with E-state index < -0.39 is 0 Å². The number of hydrogen-bond donors (Lipinski definition) is 0. The molecule has 0 N–H and O–H groups in total. The van der Waals surface area contributed by atoms with Gasteiger partial charge in [0.25, 0.3) is 0 Å². The van der Waals surface area contributed by atoms with Crippen LogP contribution in [0, 0.1) is 0 Å². The first kappa shape index (κ1) is 15.8. The molecule has 4 nitrogen and oxygen atoms in total. The van der Waals surface area contributed by atoms with E-state index in [-0.39, 0.29) is 0 Å². The lowest BCUT2D eigenvalue weighted by atomic mass is 10.1. The quantitative estimate of drug-likeness (QED) is 0.809. The molecule has 0 unspecified atom stereocenters. The Kier molecular flexibility index (Phi) is 7.28. The number of benzene rings is 2. The van der Waals surface area contributed by atoms with E-state index in [4.69, 9.17) is 0 Å². The molecule has 2 aliphatic heterocycles. The zero-order valence-electron chi connectivity index (χ0n) is 12.5. The van der Waals surface area contributed by atoms with Crippen LogP contribution in [0.5, 0.6) is 0 Å². The second-order valence-corrected chi connectivity index (χ2v) is 4.50. The van der Waals surface area contributed by atoms with Gasteiger partial charge in [-0.3, -0.25) is 9.98 Å². The van der Waals surface area contributed by atoms with Gasteiger partial charge >= 0.3 is 0 Å². The van der Waals surface area contributed by atoms with E-state index in [0.29, 0.717) is 0 Å². The Balaban J connectivity index is 0.000000145. The predicted molar refractivity (Wildman–Crippen MR) is 90.5 cm³/mol. The topological polar surface area (TPSA) is 43.2 Å². The van der Waals surface area contributed by atoms with Gasteiger partial charge in [0, 0.05) is 0 Å². The molecule has 4 heteroatoms. The molecule has 0 aliphatic carbocycles. The minimum Gasteiger partial charge on any atom is -0.482 e. The predicted octanol–water partition coefficient (Wildman–Crippen LogP) is 3.44. The molecule has 22 heavy (non-hydrogen) atoms. The van der Waals surface area contributed by atoms with Crippen molar-refractivity contribution in [3.63, 3.8) is 0 Å². The third-order valence-electron chi connectivity index (χ3n) is 2.86. The highest BCUT2D eigenvalue weighted by Crippen LogP contribution is 2.17. The summed E-state index contributed by atoms with van der Waals surface area (Å²) in [7, 11) is 0. The van der Waals surface area contributed by atoms with Crippen LogP contribution in [0.15, 0.2) is 70.6 Å². The highest BCUT2D eigenvalue weighted by Gasteiger charge is 1.91. The summed E-state index contributed by atoms with van der Waals surface area (Å²) >= 11 is 0. The van der Waals surface area contributed by atoms with E-state index in [0.717, 1.165) is 26.3 Å². The second kappa shape index (κ2) is 10.2. The zero-order chi connectivity index (χ0) is 15.3. The van der Waals surface area contributed by atoms with Crippen LogP contribution in [-0.4, -0.2) is 39.1 Å². The highest BCUT2D eigenvalue weighted by molar-refractivity contribution is 5.62.